The normalized spacial score (nSPS) is 8.72. The van der Waals surface area contributed by atoms with Crippen molar-refractivity contribution >= 4 is 29.0 Å². The van der Waals surface area contributed by atoms with E-state index in [9.17, 15) is 9.00 Å². The van der Waals surface area contributed by atoms with Gasteiger partial charge in [0.1, 0.15) is 0 Å². The van der Waals surface area contributed by atoms with Crippen LogP contribution in [0.5, 0.6) is 0 Å². The van der Waals surface area contributed by atoms with Gasteiger partial charge in [0.2, 0.25) is 11.5 Å². The molecule has 0 aliphatic rings. The molecule has 0 aromatic heterocycles. The van der Waals surface area contributed by atoms with Crippen molar-refractivity contribution in [2.45, 2.75) is 0 Å². The van der Waals surface area contributed by atoms with Crippen molar-refractivity contribution in [1.82, 2.24) is 0 Å². The van der Waals surface area contributed by atoms with Crippen LogP contribution in [0, 0.1) is 0 Å². The third-order valence-corrected chi connectivity index (χ3v) is 2.37. The number of hydrogen-bond donors (Lipinski definition) is 0. The lowest BCUT2D eigenvalue weighted by Crippen LogP contribution is -1.91. The summed E-state index contributed by atoms with van der Waals surface area (Å²) in [4.78, 5) is 10.9. The molecule has 0 atom stereocenters. The SMILES string of the molecule is O=S=NC(=O)c1ccc(Cl)cc1.c1ccccc1. The highest BCUT2D eigenvalue weighted by atomic mass is 35.5. The minimum absolute atomic E-state index is 0.0988. The first-order chi connectivity index (χ1) is 8.74. The van der Waals surface area contributed by atoms with Gasteiger partial charge in [-0.2, -0.15) is 4.21 Å². The number of carbonyl (C=O) groups excluding carboxylic acids is 1. The van der Waals surface area contributed by atoms with Crippen LogP contribution in [0.15, 0.2) is 65.0 Å². The van der Waals surface area contributed by atoms with Crippen LogP contribution in [0.3, 0.4) is 0 Å². The summed E-state index contributed by atoms with van der Waals surface area (Å²) in [5.74, 6) is -0.535. The number of rotatable bonds is 1. The maximum atomic E-state index is 10.9. The molecule has 0 fully saturated rings. The molecule has 2 aromatic carbocycles. The van der Waals surface area contributed by atoms with Gasteiger partial charge in [0.25, 0.3) is 5.91 Å². The van der Waals surface area contributed by atoms with E-state index in [-0.39, 0.29) is 11.5 Å². The van der Waals surface area contributed by atoms with Gasteiger partial charge in [0, 0.05) is 10.6 Å². The maximum Gasteiger partial charge on any atom is 0.290 e. The van der Waals surface area contributed by atoms with E-state index in [1.807, 2.05) is 36.4 Å². The van der Waals surface area contributed by atoms with Gasteiger partial charge in [-0.25, -0.2) is 0 Å². The van der Waals surface area contributed by atoms with Crippen molar-refractivity contribution in [3.8, 4) is 0 Å². The molecular formula is C13H10ClNO2S. The highest BCUT2D eigenvalue weighted by Gasteiger charge is 2.01. The number of nitrogens with zero attached hydrogens (tertiary/aromatic N) is 1. The van der Waals surface area contributed by atoms with Gasteiger partial charge >= 0.3 is 0 Å². The summed E-state index contributed by atoms with van der Waals surface area (Å²) in [7, 11) is 0. The second-order valence-electron chi connectivity index (χ2n) is 3.13. The molecule has 3 nitrogen and oxygen atoms in total. The molecule has 1 amide bonds. The van der Waals surface area contributed by atoms with Crippen LogP contribution in [0.25, 0.3) is 0 Å². The summed E-state index contributed by atoms with van der Waals surface area (Å²) >= 11 is 5.49. The van der Waals surface area contributed by atoms with Crippen LogP contribution in [0.1, 0.15) is 10.4 Å². The highest BCUT2D eigenvalue weighted by Crippen LogP contribution is 2.09. The first kappa shape index (κ1) is 14.3. The molecule has 0 radical (unpaired) electrons. The number of benzene rings is 2. The molecule has 0 saturated heterocycles. The Morgan fingerprint density at radius 3 is 1.78 bits per heavy atom. The predicted octanol–water partition coefficient (Wildman–Crippen LogP) is 3.56. The summed E-state index contributed by atoms with van der Waals surface area (Å²) in [6.45, 7) is 0. The van der Waals surface area contributed by atoms with Gasteiger partial charge in [-0.15, -0.1) is 4.36 Å². The molecule has 0 aliphatic heterocycles. The van der Waals surface area contributed by atoms with E-state index >= 15 is 0 Å². The molecule has 5 heteroatoms. The van der Waals surface area contributed by atoms with Crippen LogP contribution >= 0.6 is 11.6 Å². The molecule has 0 N–H and O–H groups in total. The number of hydrogen-bond acceptors (Lipinski definition) is 2. The fourth-order valence-electron chi connectivity index (χ4n) is 1.06. The van der Waals surface area contributed by atoms with Crippen LogP contribution in [0.2, 0.25) is 5.02 Å². The molecule has 2 aromatic rings. The molecule has 92 valence electrons. The molecule has 0 aliphatic carbocycles. The molecule has 0 saturated carbocycles. The standard InChI is InChI=1S/C7H4ClNO2S.C6H6/c8-6-3-1-5(2-4-6)7(10)9-12-11;1-2-4-6-5-3-1/h1-4H;1-6H. The number of carbonyl (C=O) groups is 1. The topological polar surface area (TPSA) is 46.5 Å². The Kier molecular flexibility index (Phi) is 6.61. The van der Waals surface area contributed by atoms with E-state index in [1.54, 1.807) is 12.1 Å². The minimum Gasteiger partial charge on any atom is -0.266 e. The summed E-state index contributed by atoms with van der Waals surface area (Å²) in [5.41, 5.74) is 0.364. The van der Waals surface area contributed by atoms with E-state index in [4.69, 9.17) is 11.6 Å². The molecule has 2 rings (SSSR count). The Morgan fingerprint density at radius 1 is 0.944 bits per heavy atom. The molecule has 0 unspecified atom stereocenters. The molecule has 0 heterocycles. The summed E-state index contributed by atoms with van der Waals surface area (Å²) in [5, 5.41) is 0.543. The second-order valence-corrected chi connectivity index (χ2v) is 3.90. The lowest BCUT2D eigenvalue weighted by Gasteiger charge is -1.92. The minimum atomic E-state index is -0.535. The van der Waals surface area contributed by atoms with Crippen molar-refractivity contribution in [2.75, 3.05) is 0 Å². The Hall–Kier alpha value is -1.78. The predicted molar refractivity (Wildman–Crippen MR) is 72.8 cm³/mol. The van der Waals surface area contributed by atoms with E-state index in [0.717, 1.165) is 0 Å². The zero-order valence-corrected chi connectivity index (χ0v) is 10.9. The Balaban J connectivity index is 0.000000225. The monoisotopic (exact) mass is 279 g/mol. The highest BCUT2D eigenvalue weighted by molar-refractivity contribution is 7.55. The lowest BCUT2D eigenvalue weighted by molar-refractivity contribution is 0.101. The third kappa shape index (κ3) is 5.52. The summed E-state index contributed by atoms with van der Waals surface area (Å²) < 4.78 is 13.0. The maximum absolute atomic E-state index is 10.9. The Bertz CT molecular complexity index is 510. The van der Waals surface area contributed by atoms with Crippen molar-refractivity contribution in [2.24, 2.45) is 4.36 Å². The summed E-state index contributed by atoms with van der Waals surface area (Å²) in [6, 6.07) is 18.2. The first-order valence-electron chi connectivity index (χ1n) is 5.04. The van der Waals surface area contributed by atoms with Gasteiger partial charge in [0.15, 0.2) is 0 Å². The zero-order valence-electron chi connectivity index (χ0n) is 9.32. The summed E-state index contributed by atoms with van der Waals surface area (Å²) in [6.07, 6.45) is 0. The van der Waals surface area contributed by atoms with E-state index in [1.165, 1.54) is 12.1 Å². The molecule has 18 heavy (non-hydrogen) atoms. The smallest absolute Gasteiger partial charge is 0.266 e. The second kappa shape index (κ2) is 8.33. The van der Waals surface area contributed by atoms with Crippen molar-refractivity contribution < 1.29 is 9.00 Å². The van der Waals surface area contributed by atoms with Gasteiger partial charge < -0.3 is 0 Å². The van der Waals surface area contributed by atoms with Crippen molar-refractivity contribution in [3.05, 3.63) is 71.2 Å². The van der Waals surface area contributed by atoms with E-state index in [0.29, 0.717) is 10.6 Å². The van der Waals surface area contributed by atoms with Crippen molar-refractivity contribution in [1.29, 1.82) is 0 Å². The van der Waals surface area contributed by atoms with Crippen LogP contribution < -0.4 is 0 Å². The quantitative estimate of drug-likeness (QED) is 0.801. The van der Waals surface area contributed by atoms with Gasteiger partial charge in [0.05, 0.1) is 0 Å². The first-order valence-corrected chi connectivity index (χ1v) is 6.11. The zero-order chi connectivity index (χ0) is 13.2. The number of halogens is 1. The fourth-order valence-corrected chi connectivity index (χ4v) is 1.36. The van der Waals surface area contributed by atoms with Crippen LogP contribution in [-0.4, -0.2) is 10.1 Å². The lowest BCUT2D eigenvalue weighted by atomic mass is 10.2. The third-order valence-electron chi connectivity index (χ3n) is 1.88. The Labute approximate surface area is 114 Å². The van der Waals surface area contributed by atoms with Crippen molar-refractivity contribution in [3.63, 3.8) is 0 Å². The van der Waals surface area contributed by atoms with Gasteiger partial charge in [-0.1, -0.05) is 48.0 Å². The van der Waals surface area contributed by atoms with E-state index in [2.05, 4.69) is 4.36 Å². The van der Waals surface area contributed by atoms with Gasteiger partial charge in [-0.3, -0.25) is 4.79 Å². The number of amides is 1. The average molecular weight is 280 g/mol. The van der Waals surface area contributed by atoms with E-state index < -0.39 is 5.91 Å². The molecular weight excluding hydrogens is 270 g/mol. The Morgan fingerprint density at radius 2 is 1.39 bits per heavy atom. The fraction of sp³-hybridized carbons (Fsp3) is 0. The van der Waals surface area contributed by atoms with Gasteiger partial charge in [-0.05, 0) is 24.3 Å². The van der Waals surface area contributed by atoms with Crippen LogP contribution in [0.4, 0.5) is 0 Å². The van der Waals surface area contributed by atoms with Crippen LogP contribution in [-0.2, 0) is 11.5 Å². The average Bonchev–Trinajstić information content (AvgIpc) is 2.42. The largest absolute Gasteiger partial charge is 0.290 e. The molecule has 0 spiro atoms. The molecule has 0 bridgehead atoms.